The lowest BCUT2D eigenvalue weighted by Gasteiger charge is -2.34. The van der Waals surface area contributed by atoms with Gasteiger partial charge in [0.1, 0.15) is 0 Å². The maximum absolute atomic E-state index is 12.7. The van der Waals surface area contributed by atoms with Crippen molar-refractivity contribution in [1.82, 2.24) is 24.9 Å². The van der Waals surface area contributed by atoms with Gasteiger partial charge in [-0.25, -0.2) is 0 Å². The van der Waals surface area contributed by atoms with E-state index < -0.39 is 0 Å². The maximum atomic E-state index is 12.7. The van der Waals surface area contributed by atoms with E-state index in [1.807, 2.05) is 13.0 Å². The van der Waals surface area contributed by atoms with Crippen molar-refractivity contribution in [1.29, 1.82) is 0 Å². The zero-order valence-electron chi connectivity index (χ0n) is 15.5. The number of aromatic nitrogens is 4. The first-order chi connectivity index (χ1) is 12.7. The number of amides is 1. The average molecular weight is 351 g/mol. The van der Waals surface area contributed by atoms with Gasteiger partial charge >= 0.3 is 0 Å². The molecule has 0 bridgehead atoms. The van der Waals surface area contributed by atoms with Crippen molar-refractivity contribution in [2.45, 2.75) is 65.0 Å². The second-order valence-corrected chi connectivity index (χ2v) is 7.31. The van der Waals surface area contributed by atoms with Gasteiger partial charge in [0, 0.05) is 30.0 Å². The number of nitrogens with zero attached hydrogens (tertiary/aromatic N) is 5. The van der Waals surface area contributed by atoms with E-state index in [1.54, 1.807) is 4.52 Å². The summed E-state index contributed by atoms with van der Waals surface area (Å²) >= 11 is 0. The van der Waals surface area contributed by atoms with Gasteiger partial charge < -0.3 is 4.90 Å². The fourth-order valence-corrected chi connectivity index (χ4v) is 4.10. The van der Waals surface area contributed by atoms with Crippen LogP contribution < -0.4 is 0 Å². The fourth-order valence-electron chi connectivity index (χ4n) is 4.10. The van der Waals surface area contributed by atoms with Crippen LogP contribution in [-0.2, 0) is 11.3 Å². The molecule has 0 N–H and O–H groups in total. The van der Waals surface area contributed by atoms with Crippen LogP contribution in [0.1, 0.15) is 56.6 Å². The highest BCUT2D eigenvalue weighted by atomic mass is 16.2. The number of benzene rings is 1. The Morgan fingerprint density at radius 3 is 2.81 bits per heavy atom. The molecule has 0 radical (unpaired) electrons. The van der Waals surface area contributed by atoms with Gasteiger partial charge in [0.25, 0.3) is 0 Å². The Morgan fingerprint density at radius 2 is 2.04 bits per heavy atom. The first kappa shape index (κ1) is 16.9. The van der Waals surface area contributed by atoms with Gasteiger partial charge in [-0.05, 0) is 48.4 Å². The van der Waals surface area contributed by atoms with Crippen LogP contribution in [-0.4, -0.2) is 36.9 Å². The maximum Gasteiger partial charge on any atom is 0.222 e. The SMILES string of the molecule is CCC(=O)N(Cc1cc2cc(C)ccc2n2nnnc12)C1CCCCC1. The lowest BCUT2D eigenvalue weighted by molar-refractivity contribution is -0.134. The van der Waals surface area contributed by atoms with Crippen molar-refractivity contribution in [3.05, 3.63) is 35.4 Å². The molecule has 1 amide bonds. The molecule has 3 aromatic rings. The van der Waals surface area contributed by atoms with Crippen LogP contribution in [0.4, 0.5) is 0 Å². The third kappa shape index (κ3) is 3.04. The number of fused-ring (bicyclic) bond motifs is 3. The van der Waals surface area contributed by atoms with Gasteiger partial charge in [0.2, 0.25) is 5.91 Å². The Labute approximate surface area is 153 Å². The highest BCUT2D eigenvalue weighted by Crippen LogP contribution is 2.27. The summed E-state index contributed by atoms with van der Waals surface area (Å²) in [6.45, 7) is 4.60. The fraction of sp³-hybridized carbons (Fsp3) is 0.500. The van der Waals surface area contributed by atoms with E-state index in [0.29, 0.717) is 19.0 Å². The summed E-state index contributed by atoms with van der Waals surface area (Å²) in [7, 11) is 0. The molecular weight excluding hydrogens is 326 g/mol. The summed E-state index contributed by atoms with van der Waals surface area (Å²) in [5.74, 6) is 0.215. The molecular formula is C20H25N5O. The minimum Gasteiger partial charge on any atom is -0.335 e. The predicted molar refractivity (Wildman–Crippen MR) is 101 cm³/mol. The smallest absolute Gasteiger partial charge is 0.222 e. The zero-order valence-corrected chi connectivity index (χ0v) is 15.5. The topological polar surface area (TPSA) is 63.4 Å². The van der Waals surface area contributed by atoms with Crippen molar-refractivity contribution in [2.75, 3.05) is 0 Å². The molecule has 0 aliphatic heterocycles. The standard InChI is InChI=1S/C20H25N5O/c1-3-19(26)24(17-7-5-4-6-8-17)13-16-12-15-11-14(2)9-10-18(15)25-20(16)21-22-23-25/h9-12,17H,3-8,13H2,1-2H3. The van der Waals surface area contributed by atoms with Crippen LogP contribution in [0.5, 0.6) is 0 Å². The molecule has 1 saturated carbocycles. The molecule has 0 spiro atoms. The van der Waals surface area contributed by atoms with E-state index in [0.717, 1.165) is 35.0 Å². The third-order valence-corrected chi connectivity index (χ3v) is 5.48. The summed E-state index contributed by atoms with van der Waals surface area (Å²) in [5, 5.41) is 13.4. The van der Waals surface area contributed by atoms with Gasteiger partial charge in [-0.15, -0.1) is 5.10 Å². The third-order valence-electron chi connectivity index (χ3n) is 5.48. The highest BCUT2D eigenvalue weighted by Gasteiger charge is 2.26. The van der Waals surface area contributed by atoms with Gasteiger partial charge in [-0.1, -0.05) is 37.8 Å². The van der Waals surface area contributed by atoms with Crippen molar-refractivity contribution in [3.8, 4) is 0 Å². The summed E-state index contributed by atoms with van der Waals surface area (Å²) in [6.07, 6.45) is 6.41. The summed E-state index contributed by atoms with van der Waals surface area (Å²) in [6, 6.07) is 8.74. The van der Waals surface area contributed by atoms with Crippen molar-refractivity contribution in [3.63, 3.8) is 0 Å². The Balaban J connectivity index is 1.77. The van der Waals surface area contributed by atoms with Crippen LogP contribution >= 0.6 is 0 Å². The van der Waals surface area contributed by atoms with Crippen LogP contribution in [0.25, 0.3) is 16.6 Å². The molecule has 2 heterocycles. The number of hydrogen-bond acceptors (Lipinski definition) is 4. The molecule has 136 valence electrons. The number of hydrogen-bond donors (Lipinski definition) is 0. The molecule has 1 aliphatic carbocycles. The minimum absolute atomic E-state index is 0.215. The normalized spacial score (nSPS) is 15.6. The van der Waals surface area contributed by atoms with E-state index in [1.165, 1.54) is 24.8 Å². The molecule has 1 fully saturated rings. The van der Waals surface area contributed by atoms with Crippen LogP contribution in [0, 0.1) is 6.92 Å². The monoisotopic (exact) mass is 351 g/mol. The number of pyridine rings is 1. The van der Waals surface area contributed by atoms with Crippen molar-refractivity contribution < 1.29 is 4.79 Å². The number of carbonyl (C=O) groups is 1. The Hall–Kier alpha value is -2.50. The lowest BCUT2D eigenvalue weighted by atomic mass is 9.93. The largest absolute Gasteiger partial charge is 0.335 e. The number of rotatable bonds is 4. The van der Waals surface area contributed by atoms with E-state index >= 15 is 0 Å². The summed E-state index contributed by atoms with van der Waals surface area (Å²) < 4.78 is 1.79. The van der Waals surface area contributed by atoms with Gasteiger partial charge in [0.05, 0.1) is 5.52 Å². The van der Waals surface area contributed by atoms with E-state index in [9.17, 15) is 4.79 Å². The Morgan fingerprint density at radius 1 is 1.23 bits per heavy atom. The van der Waals surface area contributed by atoms with Gasteiger partial charge in [-0.2, -0.15) is 4.52 Å². The van der Waals surface area contributed by atoms with E-state index in [4.69, 9.17) is 0 Å². The summed E-state index contributed by atoms with van der Waals surface area (Å²) in [5.41, 5.74) is 3.95. The number of carbonyl (C=O) groups excluding carboxylic acids is 1. The molecule has 1 aromatic carbocycles. The van der Waals surface area contributed by atoms with Crippen LogP contribution in [0.2, 0.25) is 0 Å². The van der Waals surface area contributed by atoms with Crippen molar-refractivity contribution >= 4 is 22.5 Å². The Bertz CT molecular complexity index is 942. The quantitative estimate of drug-likeness (QED) is 0.720. The molecule has 0 unspecified atom stereocenters. The van der Waals surface area contributed by atoms with Crippen LogP contribution in [0.3, 0.4) is 0 Å². The highest BCUT2D eigenvalue weighted by molar-refractivity contribution is 5.84. The van der Waals surface area contributed by atoms with E-state index in [2.05, 4.69) is 45.5 Å². The lowest BCUT2D eigenvalue weighted by Crippen LogP contribution is -2.40. The first-order valence-corrected chi connectivity index (χ1v) is 9.57. The van der Waals surface area contributed by atoms with Crippen molar-refractivity contribution in [2.24, 2.45) is 0 Å². The Kier molecular flexibility index (Phi) is 4.57. The second kappa shape index (κ2) is 7.02. The molecule has 0 saturated heterocycles. The molecule has 6 heteroatoms. The number of tetrazole rings is 1. The second-order valence-electron chi connectivity index (χ2n) is 7.31. The number of aryl methyl sites for hydroxylation is 1. The average Bonchev–Trinajstić information content (AvgIpc) is 3.16. The molecule has 0 atom stereocenters. The zero-order chi connectivity index (χ0) is 18.1. The molecule has 4 rings (SSSR count). The summed E-state index contributed by atoms with van der Waals surface area (Å²) in [4.78, 5) is 14.7. The molecule has 2 aromatic heterocycles. The molecule has 6 nitrogen and oxygen atoms in total. The first-order valence-electron chi connectivity index (χ1n) is 9.57. The predicted octanol–water partition coefficient (Wildman–Crippen LogP) is 3.66. The van der Waals surface area contributed by atoms with Crippen LogP contribution in [0.15, 0.2) is 24.3 Å². The van der Waals surface area contributed by atoms with Gasteiger partial charge in [-0.3, -0.25) is 4.79 Å². The van der Waals surface area contributed by atoms with E-state index in [-0.39, 0.29) is 5.91 Å². The molecule has 26 heavy (non-hydrogen) atoms. The van der Waals surface area contributed by atoms with Gasteiger partial charge in [0.15, 0.2) is 5.65 Å². The molecule has 1 aliphatic rings. The minimum atomic E-state index is 0.215.